The minimum absolute atomic E-state index is 0. The van der Waals surface area contributed by atoms with Gasteiger partial charge in [0.25, 0.3) is 0 Å². The standard InChI is InChI=1S/C11H24N2O.ClH/c1-7(2)8(3)6-13-11(14)9(4)10(5)12;/h7-10H,6,12H2,1-5H3,(H,13,14);1H. The molecule has 15 heavy (non-hydrogen) atoms. The van der Waals surface area contributed by atoms with E-state index in [2.05, 4.69) is 26.1 Å². The zero-order chi connectivity index (χ0) is 11.3. The van der Waals surface area contributed by atoms with Crippen LogP contribution in [-0.4, -0.2) is 18.5 Å². The normalized spacial score (nSPS) is 16.5. The van der Waals surface area contributed by atoms with Gasteiger partial charge >= 0.3 is 0 Å². The molecule has 0 heterocycles. The quantitative estimate of drug-likeness (QED) is 0.765. The summed E-state index contributed by atoms with van der Waals surface area (Å²) in [5.41, 5.74) is 5.64. The maximum Gasteiger partial charge on any atom is 0.224 e. The molecule has 1 amide bonds. The summed E-state index contributed by atoms with van der Waals surface area (Å²) in [5, 5.41) is 2.93. The second kappa shape index (κ2) is 7.94. The fraction of sp³-hybridized carbons (Fsp3) is 0.909. The Morgan fingerprint density at radius 2 is 1.67 bits per heavy atom. The fourth-order valence-corrected chi connectivity index (χ4v) is 0.897. The van der Waals surface area contributed by atoms with E-state index in [1.807, 2.05) is 13.8 Å². The molecule has 3 unspecified atom stereocenters. The lowest BCUT2D eigenvalue weighted by molar-refractivity contribution is -0.125. The van der Waals surface area contributed by atoms with E-state index in [-0.39, 0.29) is 30.3 Å². The SMILES string of the molecule is CC(C)C(C)CNC(=O)C(C)C(C)N.Cl. The van der Waals surface area contributed by atoms with Crippen molar-refractivity contribution in [2.45, 2.75) is 40.7 Å². The molecular formula is C11H25ClN2O. The lowest BCUT2D eigenvalue weighted by Gasteiger charge is -2.19. The fourth-order valence-electron chi connectivity index (χ4n) is 0.897. The van der Waals surface area contributed by atoms with Crippen LogP contribution in [0.15, 0.2) is 0 Å². The molecule has 0 bridgehead atoms. The van der Waals surface area contributed by atoms with Gasteiger partial charge in [0.15, 0.2) is 0 Å². The Bertz CT molecular complexity index is 183. The molecule has 3 atom stereocenters. The summed E-state index contributed by atoms with van der Waals surface area (Å²) in [6, 6.07) is -0.0793. The molecule has 0 radical (unpaired) electrons. The first-order valence-electron chi connectivity index (χ1n) is 5.39. The molecule has 4 heteroatoms. The van der Waals surface area contributed by atoms with E-state index < -0.39 is 0 Å². The van der Waals surface area contributed by atoms with Crippen molar-refractivity contribution in [1.82, 2.24) is 5.32 Å². The summed E-state index contributed by atoms with van der Waals surface area (Å²) in [6.07, 6.45) is 0. The van der Waals surface area contributed by atoms with E-state index in [1.165, 1.54) is 0 Å². The molecule has 0 fully saturated rings. The second-order valence-corrected chi connectivity index (χ2v) is 4.61. The summed E-state index contributed by atoms with van der Waals surface area (Å²) in [4.78, 5) is 11.5. The van der Waals surface area contributed by atoms with Crippen molar-refractivity contribution in [2.24, 2.45) is 23.5 Å². The summed E-state index contributed by atoms with van der Waals surface area (Å²) < 4.78 is 0. The molecule has 0 rings (SSSR count). The van der Waals surface area contributed by atoms with Crippen LogP contribution in [0.25, 0.3) is 0 Å². The van der Waals surface area contributed by atoms with E-state index in [0.29, 0.717) is 11.8 Å². The number of nitrogens with two attached hydrogens (primary N) is 1. The second-order valence-electron chi connectivity index (χ2n) is 4.61. The summed E-state index contributed by atoms with van der Waals surface area (Å²) in [6.45, 7) is 10.9. The maximum atomic E-state index is 11.5. The van der Waals surface area contributed by atoms with Crippen molar-refractivity contribution in [3.63, 3.8) is 0 Å². The molecule has 3 nitrogen and oxygen atoms in total. The number of hydrogen-bond acceptors (Lipinski definition) is 2. The molecule has 0 saturated carbocycles. The Morgan fingerprint density at radius 1 is 1.20 bits per heavy atom. The summed E-state index contributed by atoms with van der Waals surface area (Å²) >= 11 is 0. The zero-order valence-corrected chi connectivity index (χ0v) is 11.2. The summed E-state index contributed by atoms with van der Waals surface area (Å²) in [5.74, 6) is 1.07. The largest absolute Gasteiger partial charge is 0.356 e. The van der Waals surface area contributed by atoms with Gasteiger partial charge in [-0.15, -0.1) is 12.4 Å². The minimum atomic E-state index is -0.102. The van der Waals surface area contributed by atoms with Crippen LogP contribution in [0.2, 0.25) is 0 Å². The lowest BCUT2D eigenvalue weighted by atomic mass is 9.97. The van der Waals surface area contributed by atoms with Gasteiger partial charge in [-0.1, -0.05) is 27.7 Å². The highest BCUT2D eigenvalue weighted by atomic mass is 35.5. The van der Waals surface area contributed by atoms with Crippen molar-refractivity contribution in [1.29, 1.82) is 0 Å². The lowest BCUT2D eigenvalue weighted by Crippen LogP contribution is -2.40. The number of amides is 1. The number of nitrogens with one attached hydrogen (secondary N) is 1. The number of hydrogen-bond donors (Lipinski definition) is 2. The van der Waals surface area contributed by atoms with Crippen LogP contribution in [0.3, 0.4) is 0 Å². The monoisotopic (exact) mass is 236 g/mol. The van der Waals surface area contributed by atoms with E-state index in [1.54, 1.807) is 0 Å². The average Bonchev–Trinajstić information content (AvgIpc) is 2.11. The van der Waals surface area contributed by atoms with E-state index in [9.17, 15) is 4.79 Å². The Hall–Kier alpha value is -0.280. The van der Waals surface area contributed by atoms with Gasteiger partial charge in [-0.05, 0) is 18.8 Å². The molecule has 0 aliphatic heterocycles. The zero-order valence-electron chi connectivity index (χ0n) is 10.4. The first-order valence-corrected chi connectivity index (χ1v) is 5.39. The van der Waals surface area contributed by atoms with Gasteiger partial charge < -0.3 is 11.1 Å². The molecule has 0 aromatic heterocycles. The summed E-state index contributed by atoms with van der Waals surface area (Å²) in [7, 11) is 0. The third kappa shape index (κ3) is 6.74. The smallest absolute Gasteiger partial charge is 0.224 e. The average molecular weight is 237 g/mol. The topological polar surface area (TPSA) is 55.1 Å². The first-order chi connectivity index (χ1) is 6.36. The van der Waals surface area contributed by atoms with Gasteiger partial charge in [-0.3, -0.25) is 4.79 Å². The highest BCUT2D eigenvalue weighted by molar-refractivity contribution is 5.85. The number of carbonyl (C=O) groups is 1. The Kier molecular flexibility index (Phi) is 9.07. The Labute approximate surface area is 99.6 Å². The first kappa shape index (κ1) is 17.1. The van der Waals surface area contributed by atoms with Crippen LogP contribution in [0, 0.1) is 17.8 Å². The van der Waals surface area contributed by atoms with Crippen LogP contribution >= 0.6 is 12.4 Å². The Balaban J connectivity index is 0. The van der Waals surface area contributed by atoms with Crippen LogP contribution in [0.1, 0.15) is 34.6 Å². The van der Waals surface area contributed by atoms with E-state index >= 15 is 0 Å². The van der Waals surface area contributed by atoms with Crippen molar-refractivity contribution in [3.8, 4) is 0 Å². The molecule has 0 aromatic carbocycles. The van der Waals surface area contributed by atoms with Gasteiger partial charge in [0.2, 0.25) is 5.91 Å². The van der Waals surface area contributed by atoms with Crippen LogP contribution in [0.4, 0.5) is 0 Å². The predicted molar refractivity (Wildman–Crippen MR) is 67.1 cm³/mol. The van der Waals surface area contributed by atoms with E-state index in [0.717, 1.165) is 6.54 Å². The molecule has 0 aromatic rings. The Morgan fingerprint density at radius 3 is 2.00 bits per heavy atom. The van der Waals surface area contributed by atoms with Gasteiger partial charge in [0.05, 0.1) is 0 Å². The molecular weight excluding hydrogens is 212 g/mol. The van der Waals surface area contributed by atoms with Gasteiger partial charge in [-0.2, -0.15) is 0 Å². The highest BCUT2D eigenvalue weighted by Gasteiger charge is 2.17. The van der Waals surface area contributed by atoms with E-state index in [4.69, 9.17) is 5.73 Å². The van der Waals surface area contributed by atoms with Crippen LogP contribution in [-0.2, 0) is 4.79 Å². The van der Waals surface area contributed by atoms with Crippen molar-refractivity contribution < 1.29 is 4.79 Å². The predicted octanol–water partition coefficient (Wildman–Crippen LogP) is 1.80. The maximum absolute atomic E-state index is 11.5. The third-order valence-electron chi connectivity index (χ3n) is 2.94. The third-order valence-corrected chi connectivity index (χ3v) is 2.94. The van der Waals surface area contributed by atoms with Gasteiger partial charge in [0, 0.05) is 18.5 Å². The number of halogens is 1. The molecule has 0 aliphatic carbocycles. The van der Waals surface area contributed by atoms with Gasteiger partial charge in [-0.25, -0.2) is 0 Å². The van der Waals surface area contributed by atoms with Crippen molar-refractivity contribution in [2.75, 3.05) is 6.54 Å². The molecule has 92 valence electrons. The molecule has 0 saturated heterocycles. The molecule has 0 aliphatic rings. The number of carbonyl (C=O) groups excluding carboxylic acids is 1. The minimum Gasteiger partial charge on any atom is -0.356 e. The van der Waals surface area contributed by atoms with Gasteiger partial charge in [0.1, 0.15) is 0 Å². The molecule has 0 spiro atoms. The number of rotatable bonds is 5. The highest BCUT2D eigenvalue weighted by Crippen LogP contribution is 2.08. The van der Waals surface area contributed by atoms with Crippen LogP contribution in [0.5, 0.6) is 0 Å². The van der Waals surface area contributed by atoms with Crippen molar-refractivity contribution in [3.05, 3.63) is 0 Å². The van der Waals surface area contributed by atoms with Crippen molar-refractivity contribution >= 4 is 18.3 Å². The van der Waals surface area contributed by atoms with Crippen LogP contribution < -0.4 is 11.1 Å². The molecule has 3 N–H and O–H groups in total.